The number of carbonyl (C=O) groups is 1. The SMILES string of the molecule is O=C1c2ccccc2CN1CCCN1CCN(c2ccccc2)CC1. The second kappa shape index (κ2) is 7.28. The Kier molecular flexibility index (Phi) is 4.70. The highest BCUT2D eigenvalue weighted by atomic mass is 16.2. The Morgan fingerprint density at radius 2 is 1.52 bits per heavy atom. The third kappa shape index (κ3) is 3.54. The van der Waals surface area contributed by atoms with Gasteiger partial charge in [0.05, 0.1) is 0 Å². The lowest BCUT2D eigenvalue weighted by atomic mass is 10.1. The van der Waals surface area contributed by atoms with Crippen molar-refractivity contribution in [3.05, 3.63) is 65.7 Å². The fraction of sp³-hybridized carbons (Fsp3) is 0.381. The van der Waals surface area contributed by atoms with Crippen molar-refractivity contribution in [1.29, 1.82) is 0 Å². The van der Waals surface area contributed by atoms with Gasteiger partial charge in [-0.2, -0.15) is 0 Å². The van der Waals surface area contributed by atoms with Crippen molar-refractivity contribution in [3.8, 4) is 0 Å². The Hall–Kier alpha value is -2.33. The van der Waals surface area contributed by atoms with Gasteiger partial charge in [0.2, 0.25) is 0 Å². The first kappa shape index (κ1) is 16.2. The average molecular weight is 335 g/mol. The van der Waals surface area contributed by atoms with E-state index in [1.165, 1.54) is 11.3 Å². The molecule has 0 spiro atoms. The van der Waals surface area contributed by atoms with Gasteiger partial charge in [0, 0.05) is 50.5 Å². The number of carbonyl (C=O) groups excluding carboxylic acids is 1. The molecule has 0 saturated carbocycles. The van der Waals surface area contributed by atoms with E-state index in [4.69, 9.17) is 0 Å². The van der Waals surface area contributed by atoms with Crippen molar-refractivity contribution in [2.45, 2.75) is 13.0 Å². The fourth-order valence-corrected chi connectivity index (χ4v) is 3.85. The zero-order valence-corrected chi connectivity index (χ0v) is 14.6. The van der Waals surface area contributed by atoms with E-state index in [1.807, 2.05) is 23.1 Å². The summed E-state index contributed by atoms with van der Waals surface area (Å²) in [6.45, 7) is 7.06. The van der Waals surface area contributed by atoms with Crippen LogP contribution in [0.2, 0.25) is 0 Å². The molecule has 4 rings (SSSR count). The van der Waals surface area contributed by atoms with Gasteiger partial charge in [-0.15, -0.1) is 0 Å². The van der Waals surface area contributed by atoms with Gasteiger partial charge in [0.15, 0.2) is 0 Å². The van der Waals surface area contributed by atoms with Crippen LogP contribution in [0.5, 0.6) is 0 Å². The zero-order valence-electron chi connectivity index (χ0n) is 14.6. The van der Waals surface area contributed by atoms with Crippen LogP contribution < -0.4 is 4.90 Å². The Balaban J connectivity index is 1.21. The van der Waals surface area contributed by atoms with Crippen LogP contribution in [0.15, 0.2) is 54.6 Å². The molecule has 2 aliphatic heterocycles. The molecule has 1 amide bonds. The monoisotopic (exact) mass is 335 g/mol. The summed E-state index contributed by atoms with van der Waals surface area (Å²) < 4.78 is 0. The predicted octanol–water partition coefficient (Wildman–Crippen LogP) is 2.85. The molecule has 4 nitrogen and oxygen atoms in total. The van der Waals surface area contributed by atoms with Crippen LogP contribution in [-0.4, -0.2) is 55.0 Å². The lowest BCUT2D eigenvalue weighted by molar-refractivity contribution is 0.0770. The number of piperazine rings is 1. The quantitative estimate of drug-likeness (QED) is 0.841. The number of benzene rings is 2. The molecule has 25 heavy (non-hydrogen) atoms. The van der Waals surface area contributed by atoms with E-state index in [-0.39, 0.29) is 5.91 Å². The van der Waals surface area contributed by atoms with Crippen molar-refractivity contribution in [1.82, 2.24) is 9.80 Å². The summed E-state index contributed by atoms with van der Waals surface area (Å²) in [7, 11) is 0. The van der Waals surface area contributed by atoms with Crippen molar-refractivity contribution in [2.24, 2.45) is 0 Å². The van der Waals surface area contributed by atoms with E-state index in [9.17, 15) is 4.79 Å². The van der Waals surface area contributed by atoms with Crippen molar-refractivity contribution >= 4 is 11.6 Å². The zero-order chi connectivity index (χ0) is 17.1. The third-order valence-corrected chi connectivity index (χ3v) is 5.29. The Morgan fingerprint density at radius 3 is 2.28 bits per heavy atom. The van der Waals surface area contributed by atoms with Crippen LogP contribution in [0.3, 0.4) is 0 Å². The van der Waals surface area contributed by atoms with Crippen LogP contribution in [0.4, 0.5) is 5.69 Å². The fourth-order valence-electron chi connectivity index (χ4n) is 3.85. The summed E-state index contributed by atoms with van der Waals surface area (Å²) in [4.78, 5) is 19.4. The summed E-state index contributed by atoms with van der Waals surface area (Å²) in [5.41, 5.74) is 3.38. The smallest absolute Gasteiger partial charge is 0.254 e. The van der Waals surface area contributed by atoms with Crippen molar-refractivity contribution in [2.75, 3.05) is 44.2 Å². The second-order valence-corrected chi connectivity index (χ2v) is 6.90. The van der Waals surface area contributed by atoms with Crippen LogP contribution in [0.1, 0.15) is 22.3 Å². The predicted molar refractivity (Wildman–Crippen MR) is 101 cm³/mol. The molecule has 2 aromatic carbocycles. The molecule has 0 aromatic heterocycles. The van der Waals surface area contributed by atoms with Gasteiger partial charge in [-0.05, 0) is 36.7 Å². The van der Waals surface area contributed by atoms with Gasteiger partial charge in [-0.3, -0.25) is 9.69 Å². The normalized spacial score (nSPS) is 17.8. The molecule has 0 unspecified atom stereocenters. The van der Waals surface area contributed by atoms with E-state index in [1.54, 1.807) is 0 Å². The number of fused-ring (bicyclic) bond motifs is 1. The molecule has 0 atom stereocenters. The van der Waals surface area contributed by atoms with Gasteiger partial charge in [-0.1, -0.05) is 36.4 Å². The number of hydrogen-bond acceptors (Lipinski definition) is 3. The molecule has 0 radical (unpaired) electrons. The standard InChI is InChI=1S/C21H25N3O/c25-21-20-10-5-4-7-18(20)17-24(21)12-6-11-22-13-15-23(16-14-22)19-8-2-1-3-9-19/h1-5,7-10H,6,11-17H2. The minimum Gasteiger partial charge on any atom is -0.369 e. The van der Waals surface area contributed by atoms with Gasteiger partial charge < -0.3 is 9.80 Å². The maximum atomic E-state index is 12.4. The number of hydrogen-bond donors (Lipinski definition) is 0. The molecule has 4 heteroatoms. The molecule has 2 aliphatic rings. The van der Waals surface area contributed by atoms with Gasteiger partial charge in [0.1, 0.15) is 0 Å². The largest absolute Gasteiger partial charge is 0.369 e. The van der Waals surface area contributed by atoms with Crippen LogP contribution >= 0.6 is 0 Å². The van der Waals surface area contributed by atoms with E-state index in [0.29, 0.717) is 0 Å². The Labute approximate surface area is 149 Å². The number of nitrogens with zero attached hydrogens (tertiary/aromatic N) is 3. The molecule has 0 bridgehead atoms. The number of rotatable bonds is 5. The maximum absolute atomic E-state index is 12.4. The summed E-state index contributed by atoms with van der Waals surface area (Å²) >= 11 is 0. The second-order valence-electron chi connectivity index (χ2n) is 6.90. The highest BCUT2D eigenvalue weighted by Crippen LogP contribution is 2.22. The molecule has 2 heterocycles. The number of anilines is 1. The Bertz CT molecular complexity index is 723. The van der Waals surface area contributed by atoms with E-state index in [2.05, 4.69) is 46.2 Å². The molecule has 2 aromatic rings. The third-order valence-electron chi connectivity index (χ3n) is 5.29. The van der Waals surface area contributed by atoms with Gasteiger partial charge >= 0.3 is 0 Å². The van der Waals surface area contributed by atoms with Crippen molar-refractivity contribution in [3.63, 3.8) is 0 Å². The summed E-state index contributed by atoms with van der Waals surface area (Å²) in [6, 6.07) is 18.6. The molecule has 130 valence electrons. The highest BCUT2D eigenvalue weighted by molar-refractivity contribution is 5.98. The Morgan fingerprint density at radius 1 is 0.800 bits per heavy atom. The molecule has 0 aliphatic carbocycles. The molecule has 1 fully saturated rings. The lowest BCUT2D eigenvalue weighted by Gasteiger charge is -2.36. The van der Waals surface area contributed by atoms with E-state index < -0.39 is 0 Å². The first-order chi connectivity index (χ1) is 12.3. The minimum absolute atomic E-state index is 0.199. The van der Waals surface area contributed by atoms with Crippen molar-refractivity contribution < 1.29 is 4.79 Å². The maximum Gasteiger partial charge on any atom is 0.254 e. The molecular formula is C21H25N3O. The molecular weight excluding hydrogens is 310 g/mol. The summed E-state index contributed by atoms with van der Waals surface area (Å²) in [6.07, 6.45) is 1.05. The summed E-state index contributed by atoms with van der Waals surface area (Å²) in [5.74, 6) is 0.199. The first-order valence-electron chi connectivity index (χ1n) is 9.21. The van der Waals surface area contributed by atoms with Gasteiger partial charge in [0.25, 0.3) is 5.91 Å². The summed E-state index contributed by atoms with van der Waals surface area (Å²) in [5, 5.41) is 0. The molecule has 1 saturated heterocycles. The number of para-hydroxylation sites is 1. The van der Waals surface area contributed by atoms with Crippen LogP contribution in [0.25, 0.3) is 0 Å². The lowest BCUT2D eigenvalue weighted by Crippen LogP contribution is -2.47. The van der Waals surface area contributed by atoms with E-state index >= 15 is 0 Å². The molecule has 0 N–H and O–H groups in total. The topological polar surface area (TPSA) is 26.8 Å². The minimum atomic E-state index is 0.199. The van der Waals surface area contributed by atoms with Crippen LogP contribution in [-0.2, 0) is 6.54 Å². The highest BCUT2D eigenvalue weighted by Gasteiger charge is 2.26. The number of amides is 1. The van der Waals surface area contributed by atoms with Crippen LogP contribution in [0, 0.1) is 0 Å². The average Bonchev–Trinajstić information content (AvgIpc) is 2.99. The van der Waals surface area contributed by atoms with E-state index in [0.717, 1.165) is 57.8 Å². The first-order valence-corrected chi connectivity index (χ1v) is 9.21. The van der Waals surface area contributed by atoms with Gasteiger partial charge in [-0.25, -0.2) is 0 Å².